The molecular weight excluding hydrogens is 436 g/mol. The molecule has 0 bridgehead atoms. The molecule has 4 rings (SSSR count). The monoisotopic (exact) mass is 458 g/mol. The summed E-state index contributed by atoms with van der Waals surface area (Å²) in [6.45, 7) is 1.91. The Hall–Kier alpha value is -3.35. The quantitative estimate of drug-likeness (QED) is 0.303. The van der Waals surface area contributed by atoms with Crippen molar-refractivity contribution in [1.29, 1.82) is 0 Å². The Balaban J connectivity index is 1.85. The molecular formula is C26H22N2O2S2. The van der Waals surface area contributed by atoms with Gasteiger partial charge in [-0.3, -0.25) is 0 Å². The zero-order valence-electron chi connectivity index (χ0n) is 17.5. The Morgan fingerprint density at radius 3 is 2.19 bits per heavy atom. The molecule has 3 aromatic carbocycles. The van der Waals surface area contributed by atoms with Crippen molar-refractivity contribution < 1.29 is 8.42 Å². The van der Waals surface area contributed by atoms with E-state index in [0.717, 1.165) is 32.7 Å². The summed E-state index contributed by atoms with van der Waals surface area (Å²) in [6.07, 6.45) is 4.60. The summed E-state index contributed by atoms with van der Waals surface area (Å²) >= 11 is 5.70. The molecule has 4 nitrogen and oxygen atoms in total. The fourth-order valence-electron chi connectivity index (χ4n) is 3.49. The Labute approximate surface area is 194 Å². The predicted molar refractivity (Wildman–Crippen MR) is 134 cm³/mol. The van der Waals surface area contributed by atoms with Crippen LogP contribution in [0.25, 0.3) is 5.57 Å². The zero-order valence-corrected chi connectivity index (χ0v) is 19.2. The van der Waals surface area contributed by atoms with Crippen molar-refractivity contribution in [3.63, 3.8) is 0 Å². The minimum Gasteiger partial charge on any atom is -0.200 e. The number of nitrogens with zero attached hydrogens (tertiary/aromatic N) is 1. The lowest BCUT2D eigenvalue weighted by Gasteiger charge is -2.19. The third kappa shape index (κ3) is 4.77. The third-order valence-electron chi connectivity index (χ3n) is 5.11. The van der Waals surface area contributed by atoms with Crippen LogP contribution in [0.2, 0.25) is 0 Å². The van der Waals surface area contributed by atoms with Crippen LogP contribution in [-0.4, -0.2) is 19.0 Å². The molecule has 0 saturated carbocycles. The van der Waals surface area contributed by atoms with E-state index >= 15 is 0 Å². The highest BCUT2D eigenvalue weighted by Gasteiger charge is 2.22. The van der Waals surface area contributed by atoms with E-state index in [2.05, 4.69) is 9.93 Å². The summed E-state index contributed by atoms with van der Waals surface area (Å²) in [4.78, 5) is 3.38. The number of hydrogen-bond donors (Lipinski definition) is 1. The second-order valence-corrected chi connectivity index (χ2v) is 9.57. The van der Waals surface area contributed by atoms with Gasteiger partial charge in [-0.2, -0.15) is 18.4 Å². The van der Waals surface area contributed by atoms with E-state index in [-0.39, 0.29) is 4.90 Å². The van der Waals surface area contributed by atoms with E-state index in [1.165, 1.54) is 0 Å². The molecule has 6 heteroatoms. The van der Waals surface area contributed by atoms with E-state index in [1.807, 2.05) is 79.7 Å². The highest BCUT2D eigenvalue weighted by Crippen LogP contribution is 2.29. The van der Waals surface area contributed by atoms with Crippen molar-refractivity contribution in [2.45, 2.75) is 18.2 Å². The SMILES string of the molecule is Cc1ccc(S(=O)(=O)N/N=C(/C2=C(c3ccccc3)C(=S)CC=C2)c2ccccc2)cc1. The summed E-state index contributed by atoms with van der Waals surface area (Å²) < 4.78 is 25.8. The van der Waals surface area contributed by atoms with Crippen LogP contribution in [0.4, 0.5) is 0 Å². The van der Waals surface area contributed by atoms with Crippen molar-refractivity contribution in [2.75, 3.05) is 0 Å². The highest BCUT2D eigenvalue weighted by atomic mass is 32.2. The Bertz CT molecular complexity index is 1320. The Morgan fingerprint density at radius 2 is 1.53 bits per heavy atom. The molecule has 1 aliphatic carbocycles. The lowest BCUT2D eigenvalue weighted by Crippen LogP contribution is -2.22. The molecule has 0 fully saturated rings. The standard InChI is InChI=1S/C26H22N2O2S2/c1-19-15-17-22(18-16-19)32(29,30)28-27-26(21-11-6-3-7-12-21)23-13-8-14-24(31)25(23)20-9-4-2-5-10-20/h2-13,15-18,28H,14H2,1H3/b27-26+. The smallest absolute Gasteiger partial charge is 0.200 e. The van der Waals surface area contributed by atoms with E-state index in [0.29, 0.717) is 12.1 Å². The maximum Gasteiger partial charge on any atom is 0.276 e. The Morgan fingerprint density at radius 1 is 0.906 bits per heavy atom. The molecule has 0 spiro atoms. The van der Waals surface area contributed by atoms with Gasteiger partial charge in [0, 0.05) is 28.0 Å². The fraction of sp³-hybridized carbons (Fsp3) is 0.0769. The van der Waals surface area contributed by atoms with Crippen LogP contribution in [0.3, 0.4) is 0 Å². The van der Waals surface area contributed by atoms with Crippen molar-refractivity contribution in [1.82, 2.24) is 4.83 Å². The number of sulfonamides is 1. The Kier molecular flexibility index (Phi) is 6.44. The van der Waals surface area contributed by atoms with Crippen LogP contribution in [0.1, 0.15) is 23.1 Å². The van der Waals surface area contributed by atoms with Crippen LogP contribution in [-0.2, 0) is 10.0 Å². The van der Waals surface area contributed by atoms with Gasteiger partial charge in [0.1, 0.15) is 0 Å². The molecule has 0 atom stereocenters. The summed E-state index contributed by atoms with van der Waals surface area (Å²) in [6, 6.07) is 26.0. The molecule has 0 aliphatic heterocycles. The molecule has 3 aromatic rings. The molecule has 32 heavy (non-hydrogen) atoms. The second-order valence-electron chi connectivity index (χ2n) is 7.42. The van der Waals surface area contributed by atoms with Crippen LogP contribution >= 0.6 is 12.2 Å². The number of benzene rings is 3. The molecule has 1 N–H and O–H groups in total. The molecule has 0 heterocycles. The van der Waals surface area contributed by atoms with Gasteiger partial charge in [-0.25, -0.2) is 0 Å². The normalized spacial score (nSPS) is 14.5. The fourth-order valence-corrected chi connectivity index (χ4v) is 4.63. The molecule has 0 aromatic heterocycles. The molecule has 0 radical (unpaired) electrons. The van der Waals surface area contributed by atoms with Crippen molar-refractivity contribution in [3.8, 4) is 0 Å². The van der Waals surface area contributed by atoms with Gasteiger partial charge in [0.15, 0.2) is 0 Å². The van der Waals surface area contributed by atoms with Gasteiger partial charge < -0.3 is 0 Å². The number of aryl methyl sites for hydroxylation is 1. The lowest BCUT2D eigenvalue weighted by molar-refractivity contribution is 0.584. The van der Waals surface area contributed by atoms with Crippen LogP contribution in [0.5, 0.6) is 0 Å². The van der Waals surface area contributed by atoms with E-state index < -0.39 is 10.0 Å². The maximum absolute atomic E-state index is 12.9. The molecule has 1 aliphatic rings. The summed E-state index contributed by atoms with van der Waals surface area (Å²) in [5, 5.41) is 4.41. The topological polar surface area (TPSA) is 58.5 Å². The largest absolute Gasteiger partial charge is 0.276 e. The number of allylic oxidation sites excluding steroid dienone is 4. The summed E-state index contributed by atoms with van der Waals surface area (Å²) in [7, 11) is -3.83. The highest BCUT2D eigenvalue weighted by molar-refractivity contribution is 7.89. The van der Waals surface area contributed by atoms with Crippen molar-refractivity contribution >= 4 is 38.4 Å². The van der Waals surface area contributed by atoms with Crippen LogP contribution in [0, 0.1) is 6.92 Å². The number of hydrazone groups is 1. The van der Waals surface area contributed by atoms with E-state index in [4.69, 9.17) is 12.2 Å². The van der Waals surface area contributed by atoms with Gasteiger partial charge in [0.2, 0.25) is 0 Å². The minimum atomic E-state index is -3.83. The number of hydrogen-bond acceptors (Lipinski definition) is 4. The third-order valence-corrected chi connectivity index (χ3v) is 6.70. The van der Waals surface area contributed by atoms with E-state index in [1.54, 1.807) is 24.3 Å². The maximum atomic E-state index is 12.9. The first-order chi connectivity index (χ1) is 15.5. The number of rotatable bonds is 6. The minimum absolute atomic E-state index is 0.159. The molecule has 0 amide bonds. The van der Waals surface area contributed by atoms with Gasteiger partial charge in [-0.15, -0.1) is 0 Å². The molecule has 0 unspecified atom stereocenters. The average Bonchev–Trinajstić information content (AvgIpc) is 2.81. The van der Waals surface area contributed by atoms with Crippen LogP contribution in [0.15, 0.2) is 113 Å². The molecule has 160 valence electrons. The number of nitrogens with one attached hydrogen (secondary N) is 1. The first-order valence-corrected chi connectivity index (χ1v) is 12.1. The molecule has 0 saturated heterocycles. The first-order valence-electron chi connectivity index (χ1n) is 10.2. The summed E-state index contributed by atoms with van der Waals surface area (Å²) in [5.74, 6) is 0. The predicted octanol–water partition coefficient (Wildman–Crippen LogP) is 5.46. The van der Waals surface area contributed by atoms with Crippen LogP contribution < -0.4 is 4.83 Å². The van der Waals surface area contributed by atoms with Gasteiger partial charge in [-0.1, -0.05) is 103 Å². The van der Waals surface area contributed by atoms with Gasteiger partial charge in [-0.05, 0) is 24.6 Å². The average molecular weight is 459 g/mol. The van der Waals surface area contributed by atoms with E-state index in [9.17, 15) is 8.42 Å². The second kappa shape index (κ2) is 9.42. The summed E-state index contributed by atoms with van der Waals surface area (Å²) in [5.41, 5.74) is 4.93. The van der Waals surface area contributed by atoms with Gasteiger partial charge in [0.25, 0.3) is 10.0 Å². The van der Waals surface area contributed by atoms with Crippen molar-refractivity contribution in [3.05, 3.63) is 119 Å². The first kappa shape index (κ1) is 21.9. The van der Waals surface area contributed by atoms with Gasteiger partial charge >= 0.3 is 0 Å². The number of thiocarbonyl (C=S) groups is 1. The zero-order chi connectivity index (χ0) is 22.6. The lowest BCUT2D eigenvalue weighted by atomic mass is 9.87. The van der Waals surface area contributed by atoms with Gasteiger partial charge in [0.05, 0.1) is 10.6 Å². The van der Waals surface area contributed by atoms with Crippen molar-refractivity contribution in [2.24, 2.45) is 5.10 Å².